The highest BCUT2D eigenvalue weighted by Crippen LogP contribution is 2.12. The SMILES string of the molecule is CCCC(C)OC(=O)C(Br)CCC. The lowest BCUT2D eigenvalue weighted by molar-refractivity contribution is -0.147. The minimum absolute atomic E-state index is 0.0504. The maximum Gasteiger partial charge on any atom is 0.319 e. The van der Waals surface area contributed by atoms with E-state index in [2.05, 4.69) is 29.8 Å². The van der Waals surface area contributed by atoms with Crippen LogP contribution in [0.3, 0.4) is 0 Å². The summed E-state index contributed by atoms with van der Waals surface area (Å²) in [6.07, 6.45) is 3.88. The molecule has 78 valence electrons. The maximum absolute atomic E-state index is 11.3. The van der Waals surface area contributed by atoms with Crippen LogP contribution in [-0.2, 0) is 9.53 Å². The highest BCUT2D eigenvalue weighted by molar-refractivity contribution is 9.10. The second-order valence-electron chi connectivity index (χ2n) is 3.29. The van der Waals surface area contributed by atoms with Crippen molar-refractivity contribution >= 4 is 21.9 Å². The van der Waals surface area contributed by atoms with Gasteiger partial charge in [0.25, 0.3) is 0 Å². The largest absolute Gasteiger partial charge is 0.462 e. The summed E-state index contributed by atoms with van der Waals surface area (Å²) in [5.41, 5.74) is 0. The Morgan fingerprint density at radius 3 is 2.31 bits per heavy atom. The molecule has 0 spiro atoms. The standard InChI is InChI=1S/C10H19BrO2/c1-4-6-8(3)13-10(12)9(11)7-5-2/h8-9H,4-7H2,1-3H3. The van der Waals surface area contributed by atoms with Crippen molar-refractivity contribution in [2.45, 2.75) is 57.4 Å². The lowest BCUT2D eigenvalue weighted by atomic mass is 10.2. The Balaban J connectivity index is 3.71. The first kappa shape index (κ1) is 12.9. The lowest BCUT2D eigenvalue weighted by Gasteiger charge is -2.14. The van der Waals surface area contributed by atoms with Gasteiger partial charge in [0, 0.05) is 0 Å². The fourth-order valence-corrected chi connectivity index (χ4v) is 1.67. The van der Waals surface area contributed by atoms with Gasteiger partial charge in [-0.2, -0.15) is 0 Å². The first-order valence-electron chi connectivity index (χ1n) is 4.96. The summed E-state index contributed by atoms with van der Waals surface area (Å²) in [6.45, 7) is 6.08. The van der Waals surface area contributed by atoms with Crippen LogP contribution in [0.4, 0.5) is 0 Å². The predicted octanol–water partition coefficient (Wildman–Crippen LogP) is 3.28. The van der Waals surface area contributed by atoms with E-state index in [-0.39, 0.29) is 16.9 Å². The molecule has 13 heavy (non-hydrogen) atoms. The van der Waals surface area contributed by atoms with Crippen molar-refractivity contribution in [2.24, 2.45) is 0 Å². The number of alkyl halides is 1. The van der Waals surface area contributed by atoms with Gasteiger partial charge in [-0.3, -0.25) is 4.79 Å². The van der Waals surface area contributed by atoms with Crippen molar-refractivity contribution in [3.05, 3.63) is 0 Å². The lowest BCUT2D eigenvalue weighted by Crippen LogP contribution is -2.22. The van der Waals surface area contributed by atoms with Crippen LogP contribution in [-0.4, -0.2) is 16.9 Å². The van der Waals surface area contributed by atoms with Crippen LogP contribution in [0.15, 0.2) is 0 Å². The molecule has 0 rings (SSSR count). The number of rotatable bonds is 6. The van der Waals surface area contributed by atoms with Gasteiger partial charge in [-0.1, -0.05) is 42.6 Å². The van der Waals surface area contributed by atoms with E-state index in [9.17, 15) is 4.79 Å². The molecule has 0 saturated carbocycles. The number of esters is 1. The first-order valence-corrected chi connectivity index (χ1v) is 5.87. The van der Waals surface area contributed by atoms with Crippen LogP contribution < -0.4 is 0 Å². The molecule has 0 aromatic carbocycles. The molecule has 0 amide bonds. The first-order chi connectivity index (χ1) is 6.11. The minimum atomic E-state index is -0.128. The molecule has 0 aromatic heterocycles. The van der Waals surface area contributed by atoms with Gasteiger partial charge in [-0.25, -0.2) is 0 Å². The quantitative estimate of drug-likeness (QED) is 0.535. The highest BCUT2D eigenvalue weighted by Gasteiger charge is 2.17. The van der Waals surface area contributed by atoms with E-state index in [1.807, 2.05) is 6.92 Å². The molecule has 0 aromatic rings. The molecule has 0 N–H and O–H groups in total. The summed E-state index contributed by atoms with van der Waals surface area (Å²) >= 11 is 3.31. The number of halogens is 1. The number of hydrogen-bond donors (Lipinski definition) is 0. The van der Waals surface area contributed by atoms with E-state index in [0.29, 0.717) is 0 Å². The molecule has 0 aliphatic rings. The van der Waals surface area contributed by atoms with E-state index < -0.39 is 0 Å². The van der Waals surface area contributed by atoms with Crippen LogP contribution in [0.2, 0.25) is 0 Å². The smallest absolute Gasteiger partial charge is 0.319 e. The fourth-order valence-electron chi connectivity index (χ4n) is 1.11. The van der Waals surface area contributed by atoms with Crippen LogP contribution in [0, 0.1) is 0 Å². The van der Waals surface area contributed by atoms with Crippen LogP contribution in [0.5, 0.6) is 0 Å². The van der Waals surface area contributed by atoms with E-state index in [4.69, 9.17) is 4.74 Å². The highest BCUT2D eigenvalue weighted by atomic mass is 79.9. The van der Waals surface area contributed by atoms with Gasteiger partial charge in [0.05, 0.1) is 6.10 Å². The monoisotopic (exact) mass is 250 g/mol. The van der Waals surface area contributed by atoms with Gasteiger partial charge in [0.15, 0.2) is 0 Å². The van der Waals surface area contributed by atoms with Gasteiger partial charge in [-0.05, 0) is 19.8 Å². The maximum atomic E-state index is 11.3. The summed E-state index contributed by atoms with van der Waals surface area (Å²) in [4.78, 5) is 11.2. The zero-order valence-corrected chi connectivity index (χ0v) is 10.3. The topological polar surface area (TPSA) is 26.3 Å². The number of hydrogen-bond acceptors (Lipinski definition) is 2. The Kier molecular flexibility index (Phi) is 7.33. The number of carbonyl (C=O) groups is 1. The Bertz CT molecular complexity index is 148. The molecule has 0 bridgehead atoms. The van der Waals surface area contributed by atoms with Gasteiger partial charge in [-0.15, -0.1) is 0 Å². The third kappa shape index (κ3) is 6.08. The normalized spacial score (nSPS) is 15.1. The Hall–Kier alpha value is -0.0500. The van der Waals surface area contributed by atoms with E-state index >= 15 is 0 Å². The molecule has 0 aliphatic carbocycles. The second kappa shape index (κ2) is 7.36. The van der Waals surface area contributed by atoms with E-state index in [0.717, 1.165) is 25.7 Å². The second-order valence-corrected chi connectivity index (χ2v) is 4.40. The van der Waals surface area contributed by atoms with Crippen molar-refractivity contribution in [3.63, 3.8) is 0 Å². The third-order valence-electron chi connectivity index (χ3n) is 1.81. The fraction of sp³-hybridized carbons (Fsp3) is 0.900. The zero-order valence-electron chi connectivity index (χ0n) is 8.68. The molecule has 2 nitrogen and oxygen atoms in total. The number of carbonyl (C=O) groups excluding carboxylic acids is 1. The predicted molar refractivity (Wildman–Crippen MR) is 58.1 cm³/mol. The zero-order chi connectivity index (χ0) is 10.3. The third-order valence-corrected chi connectivity index (χ3v) is 2.64. The molecule has 2 atom stereocenters. The van der Waals surface area contributed by atoms with Crippen molar-refractivity contribution in [3.8, 4) is 0 Å². The Labute approximate surface area is 89.2 Å². The average Bonchev–Trinajstić information content (AvgIpc) is 2.05. The summed E-state index contributed by atoms with van der Waals surface area (Å²) < 4.78 is 5.22. The average molecular weight is 251 g/mol. The molecule has 0 saturated heterocycles. The Morgan fingerprint density at radius 1 is 1.31 bits per heavy atom. The summed E-state index contributed by atoms with van der Waals surface area (Å²) in [6, 6.07) is 0. The summed E-state index contributed by atoms with van der Waals surface area (Å²) in [5.74, 6) is -0.122. The van der Waals surface area contributed by atoms with Crippen LogP contribution >= 0.6 is 15.9 Å². The molecule has 2 unspecified atom stereocenters. The van der Waals surface area contributed by atoms with Crippen molar-refractivity contribution in [1.82, 2.24) is 0 Å². The van der Waals surface area contributed by atoms with Crippen molar-refractivity contribution in [1.29, 1.82) is 0 Å². The summed E-state index contributed by atoms with van der Waals surface area (Å²) in [5, 5.41) is 0. The van der Waals surface area contributed by atoms with E-state index in [1.54, 1.807) is 0 Å². The number of ether oxygens (including phenoxy) is 1. The molecule has 0 aliphatic heterocycles. The molecule has 0 radical (unpaired) electrons. The van der Waals surface area contributed by atoms with Crippen LogP contribution in [0.25, 0.3) is 0 Å². The van der Waals surface area contributed by atoms with Gasteiger partial charge in [0.2, 0.25) is 0 Å². The van der Waals surface area contributed by atoms with Crippen molar-refractivity contribution < 1.29 is 9.53 Å². The van der Waals surface area contributed by atoms with Gasteiger partial charge < -0.3 is 4.74 Å². The van der Waals surface area contributed by atoms with Crippen LogP contribution in [0.1, 0.15) is 46.5 Å². The molecular formula is C10H19BrO2. The van der Waals surface area contributed by atoms with Gasteiger partial charge in [0.1, 0.15) is 4.83 Å². The van der Waals surface area contributed by atoms with E-state index in [1.165, 1.54) is 0 Å². The van der Waals surface area contributed by atoms with Crippen molar-refractivity contribution in [2.75, 3.05) is 0 Å². The molecule has 0 fully saturated rings. The molecular weight excluding hydrogens is 232 g/mol. The van der Waals surface area contributed by atoms with Gasteiger partial charge >= 0.3 is 5.97 Å². The summed E-state index contributed by atoms with van der Waals surface area (Å²) in [7, 11) is 0. The Morgan fingerprint density at radius 2 is 1.85 bits per heavy atom. The molecule has 0 heterocycles. The minimum Gasteiger partial charge on any atom is -0.462 e. The molecule has 3 heteroatoms.